The Bertz CT molecular complexity index is 890. The Hall–Kier alpha value is -2.70. The van der Waals surface area contributed by atoms with Crippen LogP contribution >= 0.6 is 0 Å². The van der Waals surface area contributed by atoms with Crippen molar-refractivity contribution in [3.63, 3.8) is 0 Å². The molecular formula is C25H34N4O2. The highest BCUT2D eigenvalue weighted by Gasteiger charge is 2.25. The van der Waals surface area contributed by atoms with Crippen molar-refractivity contribution < 1.29 is 9.59 Å². The number of benzene rings is 2. The van der Waals surface area contributed by atoms with Crippen LogP contribution in [0.15, 0.2) is 48.5 Å². The van der Waals surface area contributed by atoms with E-state index >= 15 is 0 Å². The van der Waals surface area contributed by atoms with Crippen LogP contribution in [0, 0.1) is 13.8 Å². The first-order chi connectivity index (χ1) is 14.8. The van der Waals surface area contributed by atoms with Crippen LogP contribution in [0.1, 0.15) is 25.0 Å². The Balaban J connectivity index is 1.48. The predicted octanol–water partition coefficient (Wildman–Crippen LogP) is 3.30. The quantitative estimate of drug-likeness (QED) is 0.744. The number of rotatable bonds is 7. The maximum absolute atomic E-state index is 13.0. The molecule has 1 saturated heterocycles. The molecule has 0 saturated carbocycles. The number of hydrogen-bond donors (Lipinski definition) is 1. The fourth-order valence-corrected chi connectivity index (χ4v) is 3.97. The van der Waals surface area contributed by atoms with Crippen LogP contribution in [0.3, 0.4) is 0 Å². The molecular weight excluding hydrogens is 388 g/mol. The number of carbonyl (C=O) groups is 2. The molecule has 0 unspecified atom stereocenters. The van der Waals surface area contributed by atoms with Gasteiger partial charge in [-0.15, -0.1) is 0 Å². The zero-order chi connectivity index (χ0) is 22.4. The van der Waals surface area contributed by atoms with Crippen molar-refractivity contribution in [2.75, 3.05) is 49.5 Å². The monoisotopic (exact) mass is 422 g/mol. The van der Waals surface area contributed by atoms with Crippen molar-refractivity contribution in [3.8, 4) is 0 Å². The molecule has 6 nitrogen and oxygen atoms in total. The minimum Gasteiger partial charge on any atom is -0.325 e. The molecule has 0 spiro atoms. The Morgan fingerprint density at radius 2 is 1.52 bits per heavy atom. The van der Waals surface area contributed by atoms with E-state index in [1.165, 1.54) is 5.56 Å². The molecule has 6 heteroatoms. The van der Waals surface area contributed by atoms with Gasteiger partial charge < -0.3 is 10.2 Å². The van der Waals surface area contributed by atoms with Crippen molar-refractivity contribution in [1.29, 1.82) is 0 Å². The third-order valence-corrected chi connectivity index (χ3v) is 5.89. The Morgan fingerprint density at radius 1 is 0.903 bits per heavy atom. The van der Waals surface area contributed by atoms with Gasteiger partial charge in [0.1, 0.15) is 0 Å². The molecule has 1 aliphatic heterocycles. The number of anilines is 2. The first-order valence-electron chi connectivity index (χ1n) is 11.0. The molecule has 166 valence electrons. The van der Waals surface area contributed by atoms with Gasteiger partial charge >= 0.3 is 0 Å². The van der Waals surface area contributed by atoms with Crippen LogP contribution in [-0.2, 0) is 9.59 Å². The van der Waals surface area contributed by atoms with E-state index in [0.29, 0.717) is 13.1 Å². The molecule has 31 heavy (non-hydrogen) atoms. The number of para-hydroxylation sites is 1. The maximum Gasteiger partial charge on any atom is 0.241 e. The molecule has 1 aliphatic rings. The molecule has 0 aromatic heterocycles. The van der Waals surface area contributed by atoms with Crippen molar-refractivity contribution >= 4 is 23.2 Å². The van der Waals surface area contributed by atoms with E-state index in [4.69, 9.17) is 0 Å². The fourth-order valence-electron chi connectivity index (χ4n) is 3.97. The summed E-state index contributed by atoms with van der Waals surface area (Å²) in [5.74, 6) is 0.121. The molecule has 0 bridgehead atoms. The molecule has 1 N–H and O–H groups in total. The van der Waals surface area contributed by atoms with Gasteiger partial charge in [0.15, 0.2) is 0 Å². The first kappa shape index (κ1) is 23.0. The molecule has 3 rings (SSSR count). The second-order valence-electron chi connectivity index (χ2n) is 8.54. The summed E-state index contributed by atoms with van der Waals surface area (Å²) in [6, 6.07) is 15.9. The number of nitrogens with one attached hydrogen (secondary N) is 1. The van der Waals surface area contributed by atoms with Crippen molar-refractivity contribution in [2.24, 2.45) is 0 Å². The molecule has 1 fully saturated rings. The lowest BCUT2D eigenvalue weighted by Gasteiger charge is -2.35. The minimum atomic E-state index is 0.00767. The molecule has 1 heterocycles. The second-order valence-corrected chi connectivity index (χ2v) is 8.54. The smallest absolute Gasteiger partial charge is 0.241 e. The summed E-state index contributed by atoms with van der Waals surface area (Å²) in [6.45, 7) is 12.0. The summed E-state index contributed by atoms with van der Waals surface area (Å²) in [7, 11) is 0. The van der Waals surface area contributed by atoms with Gasteiger partial charge in [-0.1, -0.05) is 30.3 Å². The van der Waals surface area contributed by atoms with Crippen LogP contribution in [0.25, 0.3) is 0 Å². The third kappa shape index (κ3) is 6.15. The van der Waals surface area contributed by atoms with E-state index in [1.54, 1.807) is 0 Å². The standard InChI is InChI=1S/C25H34N4O2/c1-19(2)29(22-10-6-5-7-11-22)25(31)18-28-15-13-27(14-16-28)17-24(30)26-23-12-8-9-20(3)21(23)4/h5-12,19H,13-18H2,1-4H3,(H,26,30). The SMILES string of the molecule is Cc1cccc(NC(=O)CN2CCN(CC(=O)N(c3ccccc3)C(C)C)CC2)c1C. The van der Waals surface area contributed by atoms with E-state index < -0.39 is 0 Å². The van der Waals surface area contributed by atoms with Crippen LogP contribution < -0.4 is 10.2 Å². The lowest BCUT2D eigenvalue weighted by Crippen LogP contribution is -2.52. The van der Waals surface area contributed by atoms with Gasteiger partial charge in [0, 0.05) is 43.6 Å². The highest BCUT2D eigenvalue weighted by molar-refractivity contribution is 5.95. The third-order valence-electron chi connectivity index (χ3n) is 5.89. The van der Waals surface area contributed by atoms with Crippen LogP contribution in [-0.4, -0.2) is 66.9 Å². The number of carbonyl (C=O) groups excluding carboxylic acids is 2. The van der Waals surface area contributed by atoms with Crippen molar-refractivity contribution in [1.82, 2.24) is 9.80 Å². The van der Waals surface area contributed by atoms with E-state index in [-0.39, 0.29) is 17.9 Å². The lowest BCUT2D eigenvalue weighted by molar-refractivity contribution is -0.121. The van der Waals surface area contributed by atoms with Gasteiger partial charge in [-0.3, -0.25) is 19.4 Å². The summed E-state index contributed by atoms with van der Waals surface area (Å²) in [6.07, 6.45) is 0. The van der Waals surface area contributed by atoms with Gasteiger partial charge in [0.25, 0.3) is 0 Å². The van der Waals surface area contributed by atoms with Crippen LogP contribution in [0.5, 0.6) is 0 Å². The molecule has 0 radical (unpaired) electrons. The summed E-state index contributed by atoms with van der Waals surface area (Å²) < 4.78 is 0. The highest BCUT2D eigenvalue weighted by atomic mass is 16.2. The summed E-state index contributed by atoms with van der Waals surface area (Å²) in [5, 5.41) is 3.03. The topological polar surface area (TPSA) is 55.9 Å². The molecule has 0 atom stereocenters. The van der Waals surface area contributed by atoms with E-state index in [9.17, 15) is 9.59 Å². The molecule has 2 aromatic carbocycles. The van der Waals surface area contributed by atoms with Crippen molar-refractivity contribution in [2.45, 2.75) is 33.7 Å². The largest absolute Gasteiger partial charge is 0.325 e. The average Bonchev–Trinajstić information content (AvgIpc) is 2.73. The first-order valence-corrected chi connectivity index (χ1v) is 11.0. The Kier molecular flexibility index (Phi) is 7.82. The number of amides is 2. The number of nitrogens with zero attached hydrogens (tertiary/aromatic N) is 3. The Labute approximate surface area is 185 Å². The molecule has 2 amide bonds. The zero-order valence-electron chi connectivity index (χ0n) is 19.1. The van der Waals surface area contributed by atoms with Crippen LogP contribution in [0.4, 0.5) is 11.4 Å². The Morgan fingerprint density at radius 3 is 2.13 bits per heavy atom. The van der Waals surface area contributed by atoms with Gasteiger partial charge in [0.05, 0.1) is 13.1 Å². The average molecular weight is 423 g/mol. The summed E-state index contributed by atoms with van der Waals surface area (Å²) in [5.41, 5.74) is 4.09. The normalized spacial score (nSPS) is 15.1. The van der Waals surface area contributed by atoms with Gasteiger partial charge in [-0.25, -0.2) is 0 Å². The maximum atomic E-state index is 13.0. The van der Waals surface area contributed by atoms with E-state index in [0.717, 1.165) is 43.1 Å². The van der Waals surface area contributed by atoms with Crippen molar-refractivity contribution in [3.05, 3.63) is 59.7 Å². The summed E-state index contributed by atoms with van der Waals surface area (Å²) >= 11 is 0. The highest BCUT2D eigenvalue weighted by Crippen LogP contribution is 2.19. The van der Waals surface area contributed by atoms with Gasteiger partial charge in [-0.2, -0.15) is 0 Å². The predicted molar refractivity (Wildman–Crippen MR) is 126 cm³/mol. The minimum absolute atomic E-state index is 0.00767. The van der Waals surface area contributed by atoms with Crippen LogP contribution in [0.2, 0.25) is 0 Å². The molecule has 2 aromatic rings. The van der Waals surface area contributed by atoms with Gasteiger partial charge in [-0.05, 0) is 57.0 Å². The fraction of sp³-hybridized carbons (Fsp3) is 0.440. The zero-order valence-corrected chi connectivity index (χ0v) is 19.1. The number of aryl methyl sites for hydroxylation is 1. The number of piperazine rings is 1. The van der Waals surface area contributed by atoms with E-state index in [2.05, 4.69) is 15.1 Å². The summed E-state index contributed by atoms with van der Waals surface area (Å²) in [4.78, 5) is 31.7. The van der Waals surface area contributed by atoms with Gasteiger partial charge in [0.2, 0.25) is 11.8 Å². The molecule has 0 aliphatic carbocycles. The lowest BCUT2D eigenvalue weighted by atomic mass is 10.1. The second kappa shape index (κ2) is 10.6. The van der Waals surface area contributed by atoms with E-state index in [1.807, 2.05) is 81.1 Å². The number of hydrogen-bond acceptors (Lipinski definition) is 4.